The standard InChI is InChI=1S/C17H23N3O2S/c1-11(2)22-14-7-8-20(10-16(18)21)9-12(14)17-19-13-5-3-4-6-15(13)23-17/h3-6,11-12,14H,7-10H2,1-2H3,(H2,18,21). The molecule has 2 atom stereocenters. The van der Waals surface area contributed by atoms with E-state index in [4.69, 9.17) is 15.5 Å². The van der Waals surface area contributed by atoms with Crippen molar-refractivity contribution in [3.63, 3.8) is 0 Å². The zero-order chi connectivity index (χ0) is 16.4. The van der Waals surface area contributed by atoms with Crippen LogP contribution >= 0.6 is 11.3 Å². The number of para-hydroxylation sites is 1. The Morgan fingerprint density at radius 2 is 2.26 bits per heavy atom. The summed E-state index contributed by atoms with van der Waals surface area (Å²) in [5, 5.41) is 1.09. The number of nitrogens with two attached hydrogens (primary N) is 1. The Morgan fingerprint density at radius 3 is 2.96 bits per heavy atom. The number of thiazole rings is 1. The van der Waals surface area contributed by atoms with Crippen LogP contribution in [0, 0.1) is 0 Å². The molecule has 0 saturated carbocycles. The molecule has 0 aliphatic carbocycles. The third kappa shape index (κ3) is 3.88. The number of primary amides is 1. The normalized spacial score (nSPS) is 22.7. The summed E-state index contributed by atoms with van der Waals surface area (Å²) in [6, 6.07) is 8.18. The van der Waals surface area contributed by atoms with Gasteiger partial charge in [-0.15, -0.1) is 11.3 Å². The van der Waals surface area contributed by atoms with Crippen LogP contribution in [0.4, 0.5) is 0 Å². The molecule has 1 amide bonds. The quantitative estimate of drug-likeness (QED) is 0.912. The van der Waals surface area contributed by atoms with Gasteiger partial charge < -0.3 is 10.5 Å². The van der Waals surface area contributed by atoms with Gasteiger partial charge in [0, 0.05) is 19.0 Å². The fraction of sp³-hybridized carbons (Fsp3) is 0.529. The lowest BCUT2D eigenvalue weighted by Crippen LogP contribution is -2.46. The molecule has 2 heterocycles. The fourth-order valence-corrected chi connectivity index (χ4v) is 4.27. The van der Waals surface area contributed by atoms with Crippen molar-refractivity contribution in [2.75, 3.05) is 19.6 Å². The van der Waals surface area contributed by atoms with Crippen LogP contribution in [0.3, 0.4) is 0 Å². The van der Waals surface area contributed by atoms with Crippen molar-refractivity contribution in [3.8, 4) is 0 Å². The van der Waals surface area contributed by atoms with Crippen molar-refractivity contribution < 1.29 is 9.53 Å². The van der Waals surface area contributed by atoms with Gasteiger partial charge in [0.1, 0.15) is 5.01 Å². The van der Waals surface area contributed by atoms with Gasteiger partial charge in [-0.1, -0.05) is 12.1 Å². The summed E-state index contributed by atoms with van der Waals surface area (Å²) in [6.45, 7) is 6.02. The van der Waals surface area contributed by atoms with Gasteiger partial charge in [0.25, 0.3) is 0 Å². The van der Waals surface area contributed by atoms with Crippen LogP contribution in [0.25, 0.3) is 10.2 Å². The summed E-state index contributed by atoms with van der Waals surface area (Å²) in [7, 11) is 0. The van der Waals surface area contributed by atoms with E-state index in [-0.39, 0.29) is 24.0 Å². The van der Waals surface area contributed by atoms with Crippen molar-refractivity contribution >= 4 is 27.5 Å². The second kappa shape index (κ2) is 6.95. The number of carbonyl (C=O) groups excluding carboxylic acids is 1. The highest BCUT2D eigenvalue weighted by molar-refractivity contribution is 7.18. The zero-order valence-electron chi connectivity index (χ0n) is 13.6. The lowest BCUT2D eigenvalue weighted by Gasteiger charge is -2.37. The van der Waals surface area contributed by atoms with Crippen molar-refractivity contribution in [2.24, 2.45) is 5.73 Å². The number of carbonyl (C=O) groups is 1. The van der Waals surface area contributed by atoms with E-state index in [1.807, 2.05) is 18.2 Å². The summed E-state index contributed by atoms with van der Waals surface area (Å²) in [5.41, 5.74) is 6.39. The van der Waals surface area contributed by atoms with Gasteiger partial charge in [-0.2, -0.15) is 0 Å². The van der Waals surface area contributed by atoms with Gasteiger partial charge in [-0.05, 0) is 32.4 Å². The highest BCUT2D eigenvalue weighted by Gasteiger charge is 2.34. The monoisotopic (exact) mass is 333 g/mol. The van der Waals surface area contributed by atoms with E-state index >= 15 is 0 Å². The highest BCUT2D eigenvalue weighted by Crippen LogP contribution is 2.35. The minimum Gasteiger partial charge on any atom is -0.375 e. The van der Waals surface area contributed by atoms with Crippen LogP contribution in [-0.4, -0.2) is 47.6 Å². The molecule has 5 nitrogen and oxygen atoms in total. The number of aromatic nitrogens is 1. The zero-order valence-corrected chi connectivity index (χ0v) is 14.4. The van der Waals surface area contributed by atoms with Crippen molar-refractivity contribution in [3.05, 3.63) is 29.3 Å². The number of likely N-dealkylation sites (tertiary alicyclic amines) is 1. The van der Waals surface area contributed by atoms with Gasteiger partial charge in [-0.3, -0.25) is 9.69 Å². The first-order valence-corrected chi connectivity index (χ1v) is 8.86. The van der Waals surface area contributed by atoms with Gasteiger partial charge in [0.05, 0.1) is 29.0 Å². The number of nitrogens with zero attached hydrogens (tertiary/aromatic N) is 2. The third-order valence-corrected chi connectivity index (χ3v) is 5.26. The Bertz CT molecular complexity index is 652. The molecule has 6 heteroatoms. The summed E-state index contributed by atoms with van der Waals surface area (Å²) < 4.78 is 7.32. The average molecular weight is 333 g/mol. The van der Waals surface area contributed by atoms with Crippen molar-refractivity contribution in [1.82, 2.24) is 9.88 Å². The Labute approximate surface area is 140 Å². The smallest absolute Gasteiger partial charge is 0.231 e. The predicted octanol–water partition coefficient (Wildman–Crippen LogP) is 2.36. The second-order valence-corrected chi connectivity index (χ2v) is 7.40. The average Bonchev–Trinajstić information content (AvgIpc) is 2.91. The first-order chi connectivity index (χ1) is 11.0. The fourth-order valence-electron chi connectivity index (χ4n) is 3.16. The molecule has 0 radical (unpaired) electrons. The maximum Gasteiger partial charge on any atom is 0.231 e. The SMILES string of the molecule is CC(C)OC1CCN(CC(N)=O)CC1c1nc2ccccc2s1. The Balaban J connectivity index is 1.86. The molecule has 1 aromatic carbocycles. The molecule has 124 valence electrons. The lowest BCUT2D eigenvalue weighted by molar-refractivity contribution is -0.120. The van der Waals surface area contributed by atoms with E-state index in [1.165, 1.54) is 4.70 Å². The Morgan fingerprint density at radius 1 is 1.48 bits per heavy atom. The van der Waals surface area contributed by atoms with Crippen LogP contribution in [-0.2, 0) is 9.53 Å². The molecular formula is C17H23N3O2S. The Kier molecular flexibility index (Phi) is 4.94. The second-order valence-electron chi connectivity index (χ2n) is 6.34. The van der Waals surface area contributed by atoms with Gasteiger partial charge >= 0.3 is 0 Å². The first-order valence-electron chi connectivity index (χ1n) is 8.04. The number of hydrogen-bond donors (Lipinski definition) is 1. The number of ether oxygens (including phenoxy) is 1. The molecule has 3 rings (SSSR count). The van der Waals surface area contributed by atoms with Crippen molar-refractivity contribution in [1.29, 1.82) is 0 Å². The number of hydrogen-bond acceptors (Lipinski definition) is 5. The van der Waals surface area contributed by atoms with Crippen LogP contribution in [0.1, 0.15) is 31.2 Å². The molecule has 1 fully saturated rings. The lowest BCUT2D eigenvalue weighted by atomic mass is 9.94. The maximum absolute atomic E-state index is 11.2. The summed E-state index contributed by atoms with van der Waals surface area (Å²) in [4.78, 5) is 18.2. The molecule has 23 heavy (non-hydrogen) atoms. The molecule has 1 aliphatic rings. The maximum atomic E-state index is 11.2. The molecule has 2 unspecified atom stereocenters. The van der Waals surface area contributed by atoms with E-state index in [0.717, 1.165) is 30.0 Å². The summed E-state index contributed by atoms with van der Waals surface area (Å²) in [6.07, 6.45) is 1.21. The van der Waals surface area contributed by atoms with Crippen LogP contribution < -0.4 is 5.73 Å². The molecule has 0 bridgehead atoms. The molecule has 0 spiro atoms. The molecule has 2 N–H and O–H groups in total. The van der Waals surface area contributed by atoms with Crippen LogP contribution in [0.5, 0.6) is 0 Å². The van der Waals surface area contributed by atoms with E-state index < -0.39 is 0 Å². The van der Waals surface area contributed by atoms with Crippen LogP contribution in [0.2, 0.25) is 0 Å². The summed E-state index contributed by atoms with van der Waals surface area (Å²) >= 11 is 1.72. The number of rotatable bonds is 5. The molecule has 2 aromatic rings. The van der Waals surface area contributed by atoms with Gasteiger partial charge in [0.15, 0.2) is 0 Å². The minimum absolute atomic E-state index is 0.139. The van der Waals surface area contributed by atoms with Crippen LogP contribution in [0.15, 0.2) is 24.3 Å². The van der Waals surface area contributed by atoms with E-state index in [9.17, 15) is 4.79 Å². The largest absolute Gasteiger partial charge is 0.375 e. The summed E-state index contributed by atoms with van der Waals surface area (Å²) in [5.74, 6) is -0.0980. The van der Waals surface area contributed by atoms with E-state index in [2.05, 4.69) is 24.8 Å². The topological polar surface area (TPSA) is 68.5 Å². The predicted molar refractivity (Wildman–Crippen MR) is 92.6 cm³/mol. The molecule has 1 aromatic heterocycles. The minimum atomic E-state index is -0.281. The number of piperidine rings is 1. The third-order valence-electron chi connectivity index (χ3n) is 4.09. The number of benzene rings is 1. The van der Waals surface area contributed by atoms with E-state index in [0.29, 0.717) is 6.54 Å². The number of amides is 1. The first kappa shape index (κ1) is 16.4. The Hall–Kier alpha value is -1.50. The highest BCUT2D eigenvalue weighted by atomic mass is 32.1. The molecule has 1 saturated heterocycles. The number of fused-ring (bicyclic) bond motifs is 1. The van der Waals surface area contributed by atoms with E-state index in [1.54, 1.807) is 11.3 Å². The molecular weight excluding hydrogens is 310 g/mol. The molecule has 1 aliphatic heterocycles. The van der Waals surface area contributed by atoms with Gasteiger partial charge in [-0.25, -0.2) is 4.98 Å². The van der Waals surface area contributed by atoms with Gasteiger partial charge in [0.2, 0.25) is 5.91 Å². The van der Waals surface area contributed by atoms with Crippen molar-refractivity contribution in [2.45, 2.75) is 38.4 Å².